The predicted octanol–water partition coefficient (Wildman–Crippen LogP) is 3.82. The Labute approximate surface area is 125 Å². The molecule has 2 rings (SSSR count). The Hall–Kier alpha value is -2.13. The third kappa shape index (κ3) is 3.50. The number of hydrogen-bond donors (Lipinski definition) is 1. The van der Waals surface area contributed by atoms with Crippen molar-refractivity contribution in [3.05, 3.63) is 60.2 Å². The van der Waals surface area contributed by atoms with Gasteiger partial charge in [0.25, 0.3) is 0 Å². The van der Waals surface area contributed by atoms with Crippen molar-refractivity contribution in [1.29, 1.82) is 0 Å². The van der Waals surface area contributed by atoms with Crippen LogP contribution in [-0.2, 0) is 4.79 Å². The maximum absolute atomic E-state index is 11.6. The van der Waals surface area contributed by atoms with Gasteiger partial charge in [0.1, 0.15) is 6.04 Å². The van der Waals surface area contributed by atoms with Crippen molar-refractivity contribution >= 4 is 5.97 Å². The fourth-order valence-electron chi connectivity index (χ4n) is 2.59. The zero-order valence-corrected chi connectivity index (χ0v) is 12.5. The summed E-state index contributed by atoms with van der Waals surface area (Å²) in [6, 6.07) is 17.3. The second-order valence-electron chi connectivity index (χ2n) is 4.95. The van der Waals surface area contributed by atoms with E-state index in [1.54, 1.807) is 0 Å². The standard InChI is InChI=1S/C18H21NO2/c1-3-19(4-2)17(18(20)21)16-12-10-15(11-13-16)14-8-6-5-7-9-14/h5-13,17H,3-4H2,1-2H3,(H,20,21). The fourth-order valence-corrected chi connectivity index (χ4v) is 2.59. The molecule has 1 unspecified atom stereocenters. The summed E-state index contributed by atoms with van der Waals surface area (Å²) in [5.41, 5.74) is 3.06. The van der Waals surface area contributed by atoms with Gasteiger partial charge >= 0.3 is 5.97 Å². The number of aliphatic carboxylic acids is 1. The number of carboxylic acids is 1. The fraction of sp³-hybridized carbons (Fsp3) is 0.278. The van der Waals surface area contributed by atoms with E-state index in [0.717, 1.165) is 16.7 Å². The van der Waals surface area contributed by atoms with E-state index in [1.807, 2.05) is 73.3 Å². The molecule has 0 aromatic heterocycles. The van der Waals surface area contributed by atoms with Crippen LogP contribution in [0.15, 0.2) is 54.6 Å². The molecule has 0 bridgehead atoms. The van der Waals surface area contributed by atoms with Gasteiger partial charge in [0, 0.05) is 0 Å². The molecular weight excluding hydrogens is 262 g/mol. The zero-order valence-electron chi connectivity index (χ0n) is 12.5. The first kappa shape index (κ1) is 15.3. The van der Waals surface area contributed by atoms with E-state index >= 15 is 0 Å². The van der Waals surface area contributed by atoms with Crippen LogP contribution in [0.3, 0.4) is 0 Å². The van der Waals surface area contributed by atoms with Crippen LogP contribution in [0.4, 0.5) is 0 Å². The van der Waals surface area contributed by atoms with Gasteiger partial charge in [-0.15, -0.1) is 0 Å². The van der Waals surface area contributed by atoms with Gasteiger partial charge in [0.15, 0.2) is 0 Å². The number of carboxylic acid groups (broad SMARTS) is 1. The highest BCUT2D eigenvalue weighted by Crippen LogP contribution is 2.25. The molecule has 2 aromatic rings. The first-order valence-electron chi connectivity index (χ1n) is 7.29. The summed E-state index contributed by atoms with van der Waals surface area (Å²) in [5, 5.41) is 9.50. The van der Waals surface area contributed by atoms with Crippen molar-refractivity contribution in [3.8, 4) is 11.1 Å². The van der Waals surface area contributed by atoms with E-state index < -0.39 is 12.0 Å². The Morgan fingerprint density at radius 2 is 1.48 bits per heavy atom. The van der Waals surface area contributed by atoms with Gasteiger partial charge < -0.3 is 5.11 Å². The molecule has 0 radical (unpaired) electrons. The third-order valence-electron chi connectivity index (χ3n) is 3.74. The van der Waals surface area contributed by atoms with E-state index in [1.165, 1.54) is 0 Å². The largest absolute Gasteiger partial charge is 0.480 e. The molecule has 21 heavy (non-hydrogen) atoms. The number of carbonyl (C=O) groups is 1. The van der Waals surface area contributed by atoms with Crippen LogP contribution in [-0.4, -0.2) is 29.1 Å². The molecule has 0 aliphatic heterocycles. The number of hydrogen-bond acceptors (Lipinski definition) is 2. The van der Waals surface area contributed by atoms with Gasteiger partial charge in [-0.05, 0) is 29.8 Å². The van der Waals surface area contributed by atoms with Crippen molar-refractivity contribution in [3.63, 3.8) is 0 Å². The second-order valence-corrected chi connectivity index (χ2v) is 4.95. The first-order chi connectivity index (χ1) is 10.2. The minimum atomic E-state index is -0.800. The predicted molar refractivity (Wildman–Crippen MR) is 85.2 cm³/mol. The molecule has 0 aliphatic carbocycles. The third-order valence-corrected chi connectivity index (χ3v) is 3.74. The monoisotopic (exact) mass is 283 g/mol. The van der Waals surface area contributed by atoms with E-state index in [2.05, 4.69) is 0 Å². The zero-order chi connectivity index (χ0) is 15.2. The Morgan fingerprint density at radius 1 is 0.952 bits per heavy atom. The van der Waals surface area contributed by atoms with Crippen molar-refractivity contribution in [2.75, 3.05) is 13.1 Å². The van der Waals surface area contributed by atoms with Crippen molar-refractivity contribution in [1.82, 2.24) is 4.90 Å². The second kappa shape index (κ2) is 7.04. The summed E-state index contributed by atoms with van der Waals surface area (Å²) in [6.07, 6.45) is 0. The van der Waals surface area contributed by atoms with E-state index in [9.17, 15) is 9.90 Å². The normalized spacial score (nSPS) is 12.3. The topological polar surface area (TPSA) is 40.5 Å². The molecular formula is C18H21NO2. The maximum atomic E-state index is 11.6. The summed E-state index contributed by atoms with van der Waals surface area (Å²) in [4.78, 5) is 13.5. The van der Waals surface area contributed by atoms with Gasteiger partial charge in [-0.2, -0.15) is 0 Å². The lowest BCUT2D eigenvalue weighted by Crippen LogP contribution is -2.33. The van der Waals surface area contributed by atoms with Crippen LogP contribution in [0.25, 0.3) is 11.1 Å². The molecule has 1 N–H and O–H groups in total. The maximum Gasteiger partial charge on any atom is 0.325 e. The summed E-state index contributed by atoms with van der Waals surface area (Å²) in [5.74, 6) is -0.800. The first-order valence-corrected chi connectivity index (χ1v) is 7.29. The van der Waals surface area contributed by atoms with Gasteiger partial charge in [-0.1, -0.05) is 68.4 Å². The Morgan fingerprint density at radius 3 is 1.95 bits per heavy atom. The van der Waals surface area contributed by atoms with Gasteiger partial charge in [-0.25, -0.2) is 0 Å². The summed E-state index contributed by atoms with van der Waals surface area (Å²) >= 11 is 0. The number of nitrogens with zero attached hydrogens (tertiary/aromatic N) is 1. The molecule has 0 heterocycles. The Kier molecular flexibility index (Phi) is 5.12. The molecule has 0 spiro atoms. The lowest BCUT2D eigenvalue weighted by atomic mass is 10.00. The highest BCUT2D eigenvalue weighted by Gasteiger charge is 2.25. The highest BCUT2D eigenvalue weighted by atomic mass is 16.4. The van der Waals surface area contributed by atoms with Crippen LogP contribution < -0.4 is 0 Å². The number of rotatable bonds is 6. The minimum Gasteiger partial charge on any atom is -0.480 e. The minimum absolute atomic E-state index is 0.579. The molecule has 2 aromatic carbocycles. The molecule has 0 aliphatic rings. The van der Waals surface area contributed by atoms with Crippen molar-refractivity contribution < 1.29 is 9.90 Å². The molecule has 0 saturated heterocycles. The van der Waals surface area contributed by atoms with Crippen LogP contribution in [0.5, 0.6) is 0 Å². The van der Waals surface area contributed by atoms with Crippen molar-refractivity contribution in [2.24, 2.45) is 0 Å². The highest BCUT2D eigenvalue weighted by molar-refractivity contribution is 5.76. The SMILES string of the molecule is CCN(CC)C(C(=O)O)c1ccc(-c2ccccc2)cc1. The molecule has 3 nitrogen and oxygen atoms in total. The van der Waals surface area contributed by atoms with Crippen molar-refractivity contribution in [2.45, 2.75) is 19.9 Å². The van der Waals surface area contributed by atoms with Gasteiger partial charge in [0.05, 0.1) is 0 Å². The van der Waals surface area contributed by atoms with E-state index in [-0.39, 0.29) is 0 Å². The lowest BCUT2D eigenvalue weighted by Gasteiger charge is -2.26. The number of likely N-dealkylation sites (N-methyl/N-ethyl adjacent to an activating group) is 1. The molecule has 110 valence electrons. The molecule has 3 heteroatoms. The van der Waals surface area contributed by atoms with E-state index in [4.69, 9.17) is 0 Å². The average molecular weight is 283 g/mol. The van der Waals surface area contributed by atoms with Crippen LogP contribution in [0, 0.1) is 0 Å². The molecule has 0 fully saturated rings. The molecule has 0 amide bonds. The lowest BCUT2D eigenvalue weighted by molar-refractivity contribution is -0.143. The van der Waals surface area contributed by atoms with Gasteiger partial charge in [0.2, 0.25) is 0 Å². The average Bonchev–Trinajstić information content (AvgIpc) is 2.53. The summed E-state index contributed by atoms with van der Waals surface area (Å²) < 4.78 is 0. The number of benzene rings is 2. The molecule has 1 atom stereocenters. The van der Waals surface area contributed by atoms with Crippen LogP contribution >= 0.6 is 0 Å². The Balaban J connectivity index is 2.30. The molecule has 0 saturated carbocycles. The van der Waals surface area contributed by atoms with E-state index in [0.29, 0.717) is 13.1 Å². The Bertz CT molecular complexity index is 574. The summed E-state index contributed by atoms with van der Waals surface area (Å²) in [7, 11) is 0. The van der Waals surface area contributed by atoms with Gasteiger partial charge in [-0.3, -0.25) is 9.69 Å². The smallest absolute Gasteiger partial charge is 0.325 e. The summed E-state index contributed by atoms with van der Waals surface area (Å²) in [6.45, 7) is 5.40. The van der Waals surface area contributed by atoms with Crippen LogP contribution in [0.2, 0.25) is 0 Å². The van der Waals surface area contributed by atoms with Crippen LogP contribution in [0.1, 0.15) is 25.5 Å². The quantitative estimate of drug-likeness (QED) is 0.876.